The molecular weight excluding hydrogens is 204 g/mol. The summed E-state index contributed by atoms with van der Waals surface area (Å²) in [5.74, 6) is 0.149. The zero-order chi connectivity index (χ0) is 11.5. The first-order valence-electron chi connectivity index (χ1n) is 5.48. The van der Waals surface area contributed by atoms with Gasteiger partial charge in [-0.3, -0.25) is 4.79 Å². The van der Waals surface area contributed by atoms with Crippen LogP contribution in [0.15, 0.2) is 18.2 Å². The van der Waals surface area contributed by atoms with Crippen LogP contribution in [0.25, 0.3) is 0 Å². The number of hydrogen-bond acceptors (Lipinski definition) is 3. The summed E-state index contributed by atoms with van der Waals surface area (Å²) in [7, 11) is 0. The van der Waals surface area contributed by atoms with Crippen molar-refractivity contribution >= 4 is 5.91 Å². The van der Waals surface area contributed by atoms with Crippen molar-refractivity contribution in [2.24, 2.45) is 0 Å². The summed E-state index contributed by atoms with van der Waals surface area (Å²) >= 11 is 0. The number of rotatable bonds is 2. The van der Waals surface area contributed by atoms with Crippen molar-refractivity contribution in [1.82, 2.24) is 10.6 Å². The first-order valence-corrected chi connectivity index (χ1v) is 5.48. The van der Waals surface area contributed by atoms with E-state index in [4.69, 9.17) is 0 Å². The lowest BCUT2D eigenvalue weighted by molar-refractivity contribution is 0.0940. The van der Waals surface area contributed by atoms with Gasteiger partial charge in [-0.05, 0) is 43.7 Å². The largest absolute Gasteiger partial charge is 0.508 e. The van der Waals surface area contributed by atoms with E-state index >= 15 is 0 Å². The lowest BCUT2D eigenvalue weighted by atomic mass is 10.1. The Morgan fingerprint density at radius 2 is 2.38 bits per heavy atom. The van der Waals surface area contributed by atoms with Crippen LogP contribution in [0.2, 0.25) is 0 Å². The lowest BCUT2D eigenvalue weighted by Crippen LogP contribution is -2.36. The third kappa shape index (κ3) is 2.33. The molecule has 0 radical (unpaired) electrons. The monoisotopic (exact) mass is 220 g/mol. The Morgan fingerprint density at radius 1 is 1.56 bits per heavy atom. The Labute approximate surface area is 94.7 Å². The molecule has 0 bridgehead atoms. The van der Waals surface area contributed by atoms with E-state index in [1.807, 2.05) is 0 Å². The number of phenolic OH excluding ortho intramolecular Hbond substituents is 1. The van der Waals surface area contributed by atoms with E-state index in [1.165, 1.54) is 0 Å². The first-order chi connectivity index (χ1) is 7.66. The molecule has 1 aliphatic heterocycles. The molecule has 0 aromatic heterocycles. The third-order valence-corrected chi connectivity index (χ3v) is 2.85. The molecule has 1 saturated heterocycles. The number of carbonyl (C=O) groups is 1. The van der Waals surface area contributed by atoms with Crippen LogP contribution in [0.1, 0.15) is 22.3 Å². The quantitative estimate of drug-likeness (QED) is 0.690. The maximum absolute atomic E-state index is 11.8. The van der Waals surface area contributed by atoms with Crippen LogP contribution < -0.4 is 10.6 Å². The standard InChI is InChI=1S/C12H16N2O2/c1-8-6-9(2-3-11(8)15)12(16)14-10-4-5-13-7-10/h2-3,6,10,13,15H,4-5,7H2,1H3,(H,14,16). The molecule has 2 rings (SSSR count). The molecule has 1 atom stereocenters. The van der Waals surface area contributed by atoms with Crippen LogP contribution in [0, 0.1) is 6.92 Å². The van der Waals surface area contributed by atoms with Gasteiger partial charge in [-0.2, -0.15) is 0 Å². The van der Waals surface area contributed by atoms with Gasteiger partial charge in [-0.15, -0.1) is 0 Å². The summed E-state index contributed by atoms with van der Waals surface area (Å²) in [6.07, 6.45) is 0.975. The number of aryl methyl sites for hydroxylation is 1. The number of hydrogen-bond donors (Lipinski definition) is 3. The minimum absolute atomic E-state index is 0.0724. The molecule has 1 aromatic rings. The predicted octanol–water partition coefficient (Wildman–Crippen LogP) is 0.792. The molecule has 0 aliphatic carbocycles. The topological polar surface area (TPSA) is 61.4 Å². The summed E-state index contributed by atoms with van der Waals surface area (Å²) < 4.78 is 0. The Kier molecular flexibility index (Phi) is 3.10. The number of carbonyl (C=O) groups excluding carboxylic acids is 1. The van der Waals surface area contributed by atoms with Crippen molar-refractivity contribution in [3.63, 3.8) is 0 Å². The molecule has 3 N–H and O–H groups in total. The van der Waals surface area contributed by atoms with Crippen LogP contribution in [-0.2, 0) is 0 Å². The van der Waals surface area contributed by atoms with Crippen molar-refractivity contribution in [3.05, 3.63) is 29.3 Å². The van der Waals surface area contributed by atoms with Gasteiger partial charge in [0, 0.05) is 18.2 Å². The van der Waals surface area contributed by atoms with Crippen LogP contribution in [-0.4, -0.2) is 30.1 Å². The molecule has 4 heteroatoms. The highest BCUT2D eigenvalue weighted by Crippen LogP contribution is 2.17. The zero-order valence-corrected chi connectivity index (χ0v) is 9.29. The fraction of sp³-hybridized carbons (Fsp3) is 0.417. The van der Waals surface area contributed by atoms with Crippen LogP contribution in [0.5, 0.6) is 5.75 Å². The molecule has 4 nitrogen and oxygen atoms in total. The SMILES string of the molecule is Cc1cc(C(=O)NC2CCNC2)ccc1O. The van der Waals surface area contributed by atoms with Gasteiger partial charge in [-0.1, -0.05) is 0 Å². The molecule has 0 spiro atoms. The van der Waals surface area contributed by atoms with Crippen molar-refractivity contribution < 1.29 is 9.90 Å². The number of benzene rings is 1. The average molecular weight is 220 g/mol. The average Bonchev–Trinajstić information content (AvgIpc) is 2.74. The van der Waals surface area contributed by atoms with E-state index in [0.29, 0.717) is 5.56 Å². The number of nitrogens with one attached hydrogen (secondary N) is 2. The predicted molar refractivity (Wildman–Crippen MR) is 61.6 cm³/mol. The molecule has 1 aliphatic rings. The summed E-state index contributed by atoms with van der Waals surface area (Å²) in [4.78, 5) is 11.8. The van der Waals surface area contributed by atoms with E-state index in [-0.39, 0.29) is 17.7 Å². The molecule has 1 fully saturated rings. The minimum Gasteiger partial charge on any atom is -0.508 e. The summed E-state index contributed by atoms with van der Waals surface area (Å²) in [5.41, 5.74) is 1.32. The summed E-state index contributed by atoms with van der Waals surface area (Å²) in [6, 6.07) is 5.12. The highest BCUT2D eigenvalue weighted by Gasteiger charge is 2.17. The van der Waals surface area contributed by atoms with Crippen molar-refractivity contribution in [2.75, 3.05) is 13.1 Å². The molecule has 1 unspecified atom stereocenters. The van der Waals surface area contributed by atoms with Gasteiger partial charge >= 0.3 is 0 Å². The fourth-order valence-corrected chi connectivity index (χ4v) is 1.84. The van der Waals surface area contributed by atoms with E-state index in [9.17, 15) is 9.90 Å². The maximum Gasteiger partial charge on any atom is 0.251 e. The van der Waals surface area contributed by atoms with Crippen LogP contribution >= 0.6 is 0 Å². The molecule has 0 saturated carbocycles. The zero-order valence-electron chi connectivity index (χ0n) is 9.29. The second kappa shape index (κ2) is 4.53. The van der Waals surface area contributed by atoms with Gasteiger partial charge in [0.05, 0.1) is 0 Å². The Balaban J connectivity index is 2.05. The Hall–Kier alpha value is -1.55. The first kappa shape index (κ1) is 11.0. The number of amides is 1. The summed E-state index contributed by atoms with van der Waals surface area (Å²) in [6.45, 7) is 3.57. The highest BCUT2D eigenvalue weighted by atomic mass is 16.3. The highest BCUT2D eigenvalue weighted by molar-refractivity contribution is 5.94. The summed E-state index contributed by atoms with van der Waals surface area (Å²) in [5, 5.41) is 15.5. The molecule has 86 valence electrons. The van der Waals surface area contributed by atoms with Crippen molar-refractivity contribution in [2.45, 2.75) is 19.4 Å². The van der Waals surface area contributed by atoms with Crippen molar-refractivity contribution in [3.8, 4) is 5.75 Å². The fourth-order valence-electron chi connectivity index (χ4n) is 1.84. The van der Waals surface area contributed by atoms with Gasteiger partial charge in [-0.25, -0.2) is 0 Å². The van der Waals surface area contributed by atoms with Gasteiger partial charge < -0.3 is 15.7 Å². The van der Waals surface area contributed by atoms with Crippen LogP contribution in [0.3, 0.4) is 0 Å². The second-order valence-electron chi connectivity index (χ2n) is 4.16. The van der Waals surface area contributed by atoms with E-state index < -0.39 is 0 Å². The smallest absolute Gasteiger partial charge is 0.251 e. The molecule has 1 aromatic carbocycles. The maximum atomic E-state index is 11.8. The van der Waals surface area contributed by atoms with Gasteiger partial charge in [0.1, 0.15) is 5.75 Å². The Morgan fingerprint density at radius 3 is 3.00 bits per heavy atom. The van der Waals surface area contributed by atoms with Crippen LogP contribution in [0.4, 0.5) is 0 Å². The van der Waals surface area contributed by atoms with E-state index in [0.717, 1.165) is 25.1 Å². The molecule has 1 heterocycles. The molecular formula is C12H16N2O2. The van der Waals surface area contributed by atoms with Crippen molar-refractivity contribution in [1.29, 1.82) is 0 Å². The number of phenols is 1. The molecule has 1 amide bonds. The molecule has 16 heavy (non-hydrogen) atoms. The van der Waals surface area contributed by atoms with Gasteiger partial charge in [0.15, 0.2) is 0 Å². The number of aromatic hydroxyl groups is 1. The Bertz CT molecular complexity index is 398. The van der Waals surface area contributed by atoms with E-state index in [2.05, 4.69) is 10.6 Å². The van der Waals surface area contributed by atoms with Gasteiger partial charge in [0.2, 0.25) is 0 Å². The second-order valence-corrected chi connectivity index (χ2v) is 4.16. The third-order valence-electron chi connectivity index (χ3n) is 2.85. The lowest BCUT2D eigenvalue weighted by Gasteiger charge is -2.11. The van der Waals surface area contributed by atoms with Gasteiger partial charge in [0.25, 0.3) is 5.91 Å². The normalized spacial score (nSPS) is 19.7. The minimum atomic E-state index is -0.0724. The van der Waals surface area contributed by atoms with E-state index in [1.54, 1.807) is 25.1 Å².